The van der Waals surface area contributed by atoms with Crippen LogP contribution in [-0.2, 0) is 17.5 Å². The van der Waals surface area contributed by atoms with Gasteiger partial charge in [0.05, 0.1) is 6.61 Å². The van der Waals surface area contributed by atoms with Crippen LogP contribution in [0.5, 0.6) is 11.5 Å². The van der Waals surface area contributed by atoms with Gasteiger partial charge < -0.3 is 9.84 Å². The van der Waals surface area contributed by atoms with Gasteiger partial charge in [-0.15, -0.1) is 0 Å². The van der Waals surface area contributed by atoms with E-state index in [1.165, 1.54) is 10.9 Å². The second-order valence-corrected chi connectivity index (χ2v) is 10.4. The molecule has 0 atom stereocenters. The Morgan fingerprint density at radius 2 is 1.50 bits per heavy atom. The molecule has 0 bridgehead atoms. The summed E-state index contributed by atoms with van der Waals surface area (Å²) in [6.45, 7) is -0.0223. The standard InChI is InChI=1S/C19H12O4.2BrH.Ni/c20-10-11-4-6-12(7-5-11)23-16-9-8-15-17-13(16)2-1-3-14(17)18(21)19(15)22;;;/h1-9,20H,10H2;2*1H;/q;;;+2/p-2. The molecule has 0 aromatic heterocycles. The number of aliphatic hydroxyl groups is 1. The molecule has 4 rings (SSSR count). The minimum absolute atomic E-state index is 0.0223. The number of ketones is 2. The van der Waals surface area contributed by atoms with E-state index in [9.17, 15) is 9.59 Å². The number of hydrogen-bond acceptors (Lipinski definition) is 4. The van der Waals surface area contributed by atoms with Crippen LogP contribution in [0.1, 0.15) is 26.3 Å². The molecule has 3 aromatic carbocycles. The van der Waals surface area contributed by atoms with Gasteiger partial charge in [-0.2, -0.15) is 0 Å². The fourth-order valence-electron chi connectivity index (χ4n) is 2.88. The predicted octanol–water partition coefficient (Wildman–Crippen LogP) is 5.19. The van der Waals surface area contributed by atoms with Crippen molar-refractivity contribution in [1.82, 2.24) is 0 Å². The molecule has 0 aliphatic heterocycles. The van der Waals surface area contributed by atoms with Crippen LogP contribution in [-0.4, -0.2) is 16.7 Å². The first-order valence-corrected chi connectivity index (χ1v) is 12.3. The molecule has 0 heterocycles. The topological polar surface area (TPSA) is 63.6 Å². The summed E-state index contributed by atoms with van der Waals surface area (Å²) in [6, 6.07) is 15.7. The molecule has 3 aromatic rings. The SMILES string of the molecule is O=C1C(=O)c2ccc(Oc3ccc(CO)cc3)c3cccc1c23.[Br][Ni][Br]. The Morgan fingerprint density at radius 1 is 0.885 bits per heavy atom. The molecule has 0 saturated carbocycles. The first-order chi connectivity index (χ1) is 12.6. The summed E-state index contributed by atoms with van der Waals surface area (Å²) in [5, 5.41) is 10.5. The quantitative estimate of drug-likeness (QED) is 0.380. The molecule has 0 amide bonds. The van der Waals surface area contributed by atoms with Crippen molar-refractivity contribution in [2.24, 2.45) is 0 Å². The second-order valence-electron chi connectivity index (χ2n) is 5.45. The van der Waals surface area contributed by atoms with Gasteiger partial charge >= 0.3 is 39.3 Å². The third kappa shape index (κ3) is 3.62. The van der Waals surface area contributed by atoms with Crippen molar-refractivity contribution >= 4 is 50.8 Å². The summed E-state index contributed by atoms with van der Waals surface area (Å²) < 4.78 is 5.90. The first-order valence-electron chi connectivity index (χ1n) is 7.45. The number of hydrogen-bond donors (Lipinski definition) is 1. The van der Waals surface area contributed by atoms with Crippen LogP contribution < -0.4 is 4.74 Å². The third-order valence-corrected chi connectivity index (χ3v) is 4.03. The number of ether oxygens (including phenoxy) is 1. The van der Waals surface area contributed by atoms with Crippen LogP contribution in [0, 0.1) is 0 Å². The van der Waals surface area contributed by atoms with E-state index < -0.39 is 11.6 Å². The zero-order valence-electron chi connectivity index (χ0n) is 13.1. The maximum atomic E-state index is 12.0. The molecule has 4 nitrogen and oxygen atoms in total. The molecule has 1 aliphatic carbocycles. The number of benzene rings is 3. The Kier molecular flexibility index (Phi) is 6.25. The van der Waals surface area contributed by atoms with Crippen LogP contribution in [0.15, 0.2) is 54.6 Å². The molecule has 1 N–H and O–H groups in total. The fraction of sp³-hybridized carbons (Fsp3) is 0.0526. The molecule has 7 heteroatoms. The Morgan fingerprint density at radius 3 is 2.12 bits per heavy atom. The summed E-state index contributed by atoms with van der Waals surface area (Å²) in [7, 11) is 1.25. The number of carbonyl (C=O) groups excluding carboxylic acids is 2. The van der Waals surface area contributed by atoms with Gasteiger partial charge in [0.2, 0.25) is 11.6 Å². The van der Waals surface area contributed by atoms with E-state index in [1.807, 2.05) is 6.07 Å². The first kappa shape index (κ1) is 19.2. The van der Waals surface area contributed by atoms with Crippen LogP contribution >= 0.6 is 28.5 Å². The van der Waals surface area contributed by atoms with Gasteiger partial charge in [0.25, 0.3) is 0 Å². The van der Waals surface area contributed by atoms with Crippen molar-refractivity contribution in [3.8, 4) is 11.5 Å². The van der Waals surface area contributed by atoms with Gasteiger partial charge in [0, 0.05) is 21.9 Å². The van der Waals surface area contributed by atoms with E-state index in [2.05, 4.69) is 28.5 Å². The molecule has 0 spiro atoms. The molecule has 1 aliphatic rings. The van der Waals surface area contributed by atoms with E-state index in [-0.39, 0.29) is 6.61 Å². The van der Waals surface area contributed by atoms with Crippen molar-refractivity contribution in [2.75, 3.05) is 0 Å². The number of aliphatic hydroxyl groups excluding tert-OH is 1. The van der Waals surface area contributed by atoms with E-state index in [1.54, 1.807) is 48.5 Å². The molecule has 0 saturated heterocycles. The van der Waals surface area contributed by atoms with Crippen molar-refractivity contribution in [1.29, 1.82) is 0 Å². The van der Waals surface area contributed by atoms with Crippen LogP contribution in [0.2, 0.25) is 0 Å². The Labute approximate surface area is 169 Å². The molecule has 0 fully saturated rings. The van der Waals surface area contributed by atoms with Crippen molar-refractivity contribution < 1.29 is 30.3 Å². The second kappa shape index (κ2) is 8.44. The summed E-state index contributed by atoms with van der Waals surface area (Å²) in [4.78, 5) is 24.0. The van der Waals surface area contributed by atoms with Gasteiger partial charge in [-0.25, -0.2) is 0 Å². The molecular weight excluding hydrogens is 511 g/mol. The van der Waals surface area contributed by atoms with Crippen LogP contribution in [0.3, 0.4) is 0 Å². The summed E-state index contributed by atoms with van der Waals surface area (Å²) in [6.07, 6.45) is 0. The van der Waals surface area contributed by atoms with E-state index in [0.717, 1.165) is 10.9 Å². The minimum atomic E-state index is -0.463. The summed E-state index contributed by atoms with van der Waals surface area (Å²) >= 11 is 6.00. The molecule has 26 heavy (non-hydrogen) atoms. The Hall–Kier alpha value is -1.53. The van der Waals surface area contributed by atoms with Crippen LogP contribution in [0.4, 0.5) is 0 Å². The summed E-state index contributed by atoms with van der Waals surface area (Å²) in [5.74, 6) is 0.286. The Balaban J connectivity index is 0.000000613. The normalized spacial score (nSPS) is 12.3. The average Bonchev–Trinajstić information content (AvgIpc) is 2.91. The number of rotatable bonds is 3. The maximum absolute atomic E-state index is 12.0. The van der Waals surface area contributed by atoms with E-state index >= 15 is 0 Å². The zero-order valence-corrected chi connectivity index (χ0v) is 17.3. The average molecular weight is 523 g/mol. The van der Waals surface area contributed by atoms with Gasteiger partial charge in [-0.1, -0.05) is 30.3 Å². The van der Waals surface area contributed by atoms with Gasteiger partial charge in [0.15, 0.2) is 0 Å². The summed E-state index contributed by atoms with van der Waals surface area (Å²) in [5.41, 5.74) is 1.67. The number of Topliss-reactive ketones (excluding diaryl/α,β-unsaturated/α-hetero) is 2. The van der Waals surface area contributed by atoms with E-state index in [0.29, 0.717) is 28.0 Å². The van der Waals surface area contributed by atoms with Gasteiger partial charge in [0.1, 0.15) is 11.5 Å². The molecular formula is C19H12Br2NiO4. The van der Waals surface area contributed by atoms with Gasteiger partial charge in [-0.3, -0.25) is 9.59 Å². The molecule has 0 unspecified atom stereocenters. The molecule has 136 valence electrons. The Bertz CT molecular complexity index is 966. The third-order valence-electron chi connectivity index (χ3n) is 4.03. The van der Waals surface area contributed by atoms with Gasteiger partial charge in [-0.05, 0) is 29.8 Å². The van der Waals surface area contributed by atoms with Crippen molar-refractivity contribution in [2.45, 2.75) is 6.61 Å². The fourth-order valence-corrected chi connectivity index (χ4v) is 2.88. The van der Waals surface area contributed by atoms with Crippen LogP contribution in [0.25, 0.3) is 10.8 Å². The zero-order chi connectivity index (χ0) is 18.7. The number of carbonyl (C=O) groups is 2. The van der Waals surface area contributed by atoms with Crippen molar-refractivity contribution in [3.63, 3.8) is 0 Å². The van der Waals surface area contributed by atoms with E-state index in [4.69, 9.17) is 9.84 Å². The predicted molar refractivity (Wildman–Crippen MR) is 103 cm³/mol. The number of halogens is 2. The van der Waals surface area contributed by atoms with Crippen molar-refractivity contribution in [3.05, 3.63) is 71.3 Å². The monoisotopic (exact) mass is 520 g/mol. The molecule has 0 radical (unpaired) electrons.